The van der Waals surface area contributed by atoms with Crippen LogP contribution in [0.2, 0.25) is 0 Å². The molecule has 1 unspecified atom stereocenters. The fourth-order valence-corrected chi connectivity index (χ4v) is 5.51. The van der Waals surface area contributed by atoms with Crippen LogP contribution < -0.4 is 10.3 Å². The Kier molecular flexibility index (Phi) is 4.77. The summed E-state index contributed by atoms with van der Waals surface area (Å²) in [5.41, 5.74) is 1.80. The molecule has 1 aliphatic rings. The Morgan fingerprint density at radius 3 is 2.96 bits per heavy atom. The summed E-state index contributed by atoms with van der Waals surface area (Å²) in [5, 5.41) is 11.0. The molecule has 136 valence electrons. The fourth-order valence-electron chi connectivity index (χ4n) is 3.34. The SMILES string of the molecule is COc1ccccc1-n1c(SCC(C)O)nc2sc3c(c2c1=O)CCC3. The highest BCUT2D eigenvalue weighted by atomic mass is 32.2. The Labute approximate surface area is 159 Å². The first-order chi connectivity index (χ1) is 12.6. The zero-order valence-electron chi connectivity index (χ0n) is 14.7. The molecular formula is C19H20N2O3S2. The molecule has 1 N–H and O–H groups in total. The second-order valence-corrected chi connectivity index (χ2v) is 8.48. The van der Waals surface area contributed by atoms with Crippen LogP contribution in [0.25, 0.3) is 15.9 Å². The fraction of sp³-hybridized carbons (Fsp3) is 0.368. The number of ether oxygens (including phenoxy) is 1. The first-order valence-electron chi connectivity index (χ1n) is 8.61. The summed E-state index contributed by atoms with van der Waals surface area (Å²) < 4.78 is 7.12. The summed E-state index contributed by atoms with van der Waals surface area (Å²) >= 11 is 3.02. The number of rotatable bonds is 5. The van der Waals surface area contributed by atoms with Crippen molar-refractivity contribution in [2.24, 2.45) is 0 Å². The van der Waals surface area contributed by atoms with E-state index in [0.717, 1.165) is 29.5 Å². The highest BCUT2D eigenvalue weighted by molar-refractivity contribution is 7.99. The summed E-state index contributed by atoms with van der Waals surface area (Å²) in [4.78, 5) is 20.4. The van der Waals surface area contributed by atoms with Gasteiger partial charge in [-0.2, -0.15) is 0 Å². The van der Waals surface area contributed by atoms with Crippen LogP contribution in [0, 0.1) is 0 Å². The molecule has 2 aromatic heterocycles. The highest BCUT2D eigenvalue weighted by Crippen LogP contribution is 2.36. The van der Waals surface area contributed by atoms with Crippen molar-refractivity contribution < 1.29 is 9.84 Å². The first-order valence-corrected chi connectivity index (χ1v) is 10.4. The number of hydrogen-bond donors (Lipinski definition) is 1. The molecule has 1 atom stereocenters. The van der Waals surface area contributed by atoms with Gasteiger partial charge in [0.05, 0.1) is 24.3 Å². The number of aryl methyl sites for hydroxylation is 2. The first kappa shape index (κ1) is 17.6. The average Bonchev–Trinajstić information content (AvgIpc) is 3.20. The third kappa shape index (κ3) is 2.94. The predicted octanol–water partition coefficient (Wildman–Crippen LogP) is 3.42. The van der Waals surface area contributed by atoms with Crippen LogP contribution in [0.3, 0.4) is 0 Å². The Balaban J connectivity index is 2.00. The van der Waals surface area contributed by atoms with Crippen molar-refractivity contribution in [2.45, 2.75) is 37.4 Å². The molecule has 0 spiro atoms. The van der Waals surface area contributed by atoms with E-state index in [0.29, 0.717) is 22.3 Å². The zero-order chi connectivity index (χ0) is 18.3. The normalized spacial score (nSPS) is 14.6. The third-order valence-corrected chi connectivity index (χ3v) is 6.85. The molecule has 0 aliphatic heterocycles. The smallest absolute Gasteiger partial charge is 0.267 e. The van der Waals surface area contributed by atoms with E-state index < -0.39 is 6.10 Å². The molecule has 3 aromatic rings. The molecule has 0 bridgehead atoms. The van der Waals surface area contributed by atoms with Crippen molar-refractivity contribution in [1.82, 2.24) is 9.55 Å². The van der Waals surface area contributed by atoms with Gasteiger partial charge in [0.2, 0.25) is 0 Å². The topological polar surface area (TPSA) is 64.3 Å². The van der Waals surface area contributed by atoms with Gasteiger partial charge in [-0.1, -0.05) is 23.9 Å². The molecule has 0 amide bonds. The summed E-state index contributed by atoms with van der Waals surface area (Å²) in [7, 11) is 1.60. The maximum absolute atomic E-state index is 13.5. The van der Waals surface area contributed by atoms with Gasteiger partial charge in [0.1, 0.15) is 10.6 Å². The lowest BCUT2D eigenvalue weighted by Gasteiger charge is -2.15. The number of aliphatic hydroxyl groups is 1. The summed E-state index contributed by atoms with van der Waals surface area (Å²) in [6.07, 6.45) is 2.59. The summed E-state index contributed by atoms with van der Waals surface area (Å²) in [6.45, 7) is 1.73. The highest BCUT2D eigenvalue weighted by Gasteiger charge is 2.24. The molecule has 5 nitrogen and oxygen atoms in total. The standard InChI is InChI=1S/C19H20N2O3S2/c1-11(22)10-25-19-20-17-16(12-6-5-9-15(12)26-17)18(23)21(19)13-7-3-4-8-14(13)24-2/h3-4,7-8,11,22H,5-6,9-10H2,1-2H3. The third-order valence-electron chi connectivity index (χ3n) is 4.49. The van der Waals surface area contributed by atoms with E-state index in [1.807, 2.05) is 24.3 Å². The Bertz CT molecular complexity index is 1020. The van der Waals surface area contributed by atoms with E-state index in [4.69, 9.17) is 9.72 Å². The lowest BCUT2D eigenvalue weighted by molar-refractivity contribution is 0.220. The number of thiophene rings is 1. The molecule has 4 rings (SSSR count). The van der Waals surface area contributed by atoms with Gasteiger partial charge < -0.3 is 9.84 Å². The van der Waals surface area contributed by atoms with Crippen LogP contribution in [0.15, 0.2) is 34.2 Å². The Hall–Kier alpha value is -1.83. The van der Waals surface area contributed by atoms with Gasteiger partial charge in [-0.25, -0.2) is 4.98 Å². The van der Waals surface area contributed by atoms with Crippen LogP contribution in [0.4, 0.5) is 0 Å². The number of para-hydroxylation sites is 2. The van der Waals surface area contributed by atoms with E-state index >= 15 is 0 Å². The van der Waals surface area contributed by atoms with E-state index in [2.05, 4.69) is 0 Å². The number of nitrogens with zero attached hydrogens (tertiary/aromatic N) is 2. The summed E-state index contributed by atoms with van der Waals surface area (Å²) in [5.74, 6) is 1.10. The molecule has 0 saturated carbocycles. The van der Waals surface area contributed by atoms with E-state index in [1.54, 1.807) is 29.9 Å². The predicted molar refractivity (Wildman–Crippen MR) is 106 cm³/mol. The van der Waals surface area contributed by atoms with Crippen molar-refractivity contribution in [3.63, 3.8) is 0 Å². The number of thioether (sulfide) groups is 1. The molecule has 1 aromatic carbocycles. The largest absolute Gasteiger partial charge is 0.495 e. The van der Waals surface area contributed by atoms with Crippen LogP contribution in [-0.4, -0.2) is 33.6 Å². The summed E-state index contributed by atoms with van der Waals surface area (Å²) in [6, 6.07) is 7.47. The molecule has 26 heavy (non-hydrogen) atoms. The van der Waals surface area contributed by atoms with Crippen LogP contribution in [0.5, 0.6) is 5.75 Å². The van der Waals surface area contributed by atoms with Gasteiger partial charge in [-0.05, 0) is 43.9 Å². The van der Waals surface area contributed by atoms with Gasteiger partial charge >= 0.3 is 0 Å². The minimum absolute atomic E-state index is 0.0491. The minimum Gasteiger partial charge on any atom is -0.495 e. The molecule has 2 heterocycles. The second-order valence-electron chi connectivity index (χ2n) is 6.40. The van der Waals surface area contributed by atoms with Crippen LogP contribution in [-0.2, 0) is 12.8 Å². The maximum atomic E-state index is 13.5. The van der Waals surface area contributed by atoms with Crippen molar-refractivity contribution in [2.75, 3.05) is 12.9 Å². The molecule has 0 radical (unpaired) electrons. The van der Waals surface area contributed by atoms with E-state index in [-0.39, 0.29) is 5.56 Å². The van der Waals surface area contributed by atoms with E-state index in [9.17, 15) is 9.90 Å². The minimum atomic E-state index is -0.480. The van der Waals surface area contributed by atoms with Crippen molar-refractivity contribution in [3.05, 3.63) is 45.1 Å². The lowest BCUT2D eigenvalue weighted by Crippen LogP contribution is -2.23. The van der Waals surface area contributed by atoms with Gasteiger partial charge in [-0.3, -0.25) is 9.36 Å². The monoisotopic (exact) mass is 388 g/mol. The van der Waals surface area contributed by atoms with Gasteiger partial charge in [0.15, 0.2) is 5.16 Å². The number of methoxy groups -OCH3 is 1. The Morgan fingerprint density at radius 2 is 2.19 bits per heavy atom. The lowest BCUT2D eigenvalue weighted by atomic mass is 10.2. The number of aliphatic hydroxyl groups excluding tert-OH is 1. The number of aromatic nitrogens is 2. The van der Waals surface area contributed by atoms with Gasteiger partial charge in [0, 0.05) is 10.6 Å². The number of benzene rings is 1. The van der Waals surface area contributed by atoms with Gasteiger partial charge in [0.25, 0.3) is 5.56 Å². The van der Waals surface area contributed by atoms with Gasteiger partial charge in [-0.15, -0.1) is 11.3 Å². The van der Waals surface area contributed by atoms with Crippen LogP contribution in [0.1, 0.15) is 23.8 Å². The van der Waals surface area contributed by atoms with Crippen molar-refractivity contribution in [3.8, 4) is 11.4 Å². The molecular weight excluding hydrogens is 368 g/mol. The molecule has 0 fully saturated rings. The zero-order valence-corrected chi connectivity index (χ0v) is 16.3. The van der Waals surface area contributed by atoms with Crippen molar-refractivity contribution in [1.29, 1.82) is 0 Å². The number of fused-ring (bicyclic) bond motifs is 3. The average molecular weight is 389 g/mol. The number of hydrogen-bond acceptors (Lipinski definition) is 6. The Morgan fingerprint density at radius 1 is 1.38 bits per heavy atom. The van der Waals surface area contributed by atoms with E-state index in [1.165, 1.54) is 22.2 Å². The van der Waals surface area contributed by atoms with Crippen LogP contribution >= 0.6 is 23.1 Å². The molecule has 0 saturated heterocycles. The quantitative estimate of drug-likeness (QED) is 0.536. The second kappa shape index (κ2) is 7.06. The van der Waals surface area contributed by atoms with Crippen molar-refractivity contribution >= 4 is 33.3 Å². The maximum Gasteiger partial charge on any atom is 0.267 e. The molecule has 1 aliphatic carbocycles. The molecule has 7 heteroatoms.